The molecule has 1 saturated carbocycles. The predicted molar refractivity (Wildman–Crippen MR) is 76.3 cm³/mol. The average molecular weight is 294 g/mol. The van der Waals surface area contributed by atoms with Crippen molar-refractivity contribution in [1.82, 2.24) is 10.6 Å². The first kappa shape index (κ1) is 14.4. The van der Waals surface area contributed by atoms with Crippen LogP contribution in [-0.4, -0.2) is 12.5 Å². The normalized spacial score (nSPS) is 19.3. The Labute approximate surface area is 123 Å². The zero-order valence-electron chi connectivity index (χ0n) is 12.1. The van der Waals surface area contributed by atoms with E-state index in [4.69, 9.17) is 0 Å². The molecule has 0 unspecified atom stereocenters. The van der Waals surface area contributed by atoms with E-state index in [1.165, 1.54) is 19.3 Å². The summed E-state index contributed by atoms with van der Waals surface area (Å²) >= 11 is 0. The van der Waals surface area contributed by atoms with Gasteiger partial charge in [-0.15, -0.1) is 0 Å². The highest BCUT2D eigenvalue weighted by Crippen LogP contribution is 2.32. The maximum Gasteiger partial charge on any atom is 0.264 e. The standard InChI is InChI=1S/C16H20F2N2O/c1-9(19-7-10-3-2-4-10)11-5-12(15(17)18)14-8-20-16(21)13(14)6-11/h5-6,9-10,15,19H,2-4,7-8H2,1H3,(H,20,21)/t9-/m0/s1. The van der Waals surface area contributed by atoms with E-state index < -0.39 is 6.43 Å². The molecule has 0 radical (unpaired) electrons. The number of hydrogen-bond acceptors (Lipinski definition) is 2. The number of rotatable bonds is 5. The molecule has 1 aromatic carbocycles. The third kappa shape index (κ3) is 2.79. The minimum Gasteiger partial charge on any atom is -0.348 e. The lowest BCUT2D eigenvalue weighted by Crippen LogP contribution is -2.29. The van der Waals surface area contributed by atoms with E-state index in [0.29, 0.717) is 17.0 Å². The smallest absolute Gasteiger partial charge is 0.264 e. The third-order valence-corrected chi connectivity index (χ3v) is 4.65. The fourth-order valence-electron chi connectivity index (χ4n) is 2.98. The van der Waals surface area contributed by atoms with Crippen molar-refractivity contribution >= 4 is 5.91 Å². The summed E-state index contributed by atoms with van der Waals surface area (Å²) in [6.45, 7) is 3.08. The van der Waals surface area contributed by atoms with Gasteiger partial charge in [0.05, 0.1) is 0 Å². The summed E-state index contributed by atoms with van der Waals surface area (Å²) in [6, 6.07) is 3.27. The van der Waals surface area contributed by atoms with E-state index in [2.05, 4.69) is 10.6 Å². The van der Waals surface area contributed by atoms with Crippen LogP contribution in [0.2, 0.25) is 0 Å². The first-order valence-electron chi connectivity index (χ1n) is 7.52. The Morgan fingerprint density at radius 2 is 2.14 bits per heavy atom. The van der Waals surface area contributed by atoms with Crippen molar-refractivity contribution < 1.29 is 13.6 Å². The average Bonchev–Trinajstić information content (AvgIpc) is 2.77. The number of carbonyl (C=O) groups is 1. The molecule has 1 aliphatic carbocycles. The monoisotopic (exact) mass is 294 g/mol. The quantitative estimate of drug-likeness (QED) is 0.874. The van der Waals surface area contributed by atoms with E-state index in [1.54, 1.807) is 12.1 Å². The van der Waals surface area contributed by atoms with Crippen LogP contribution in [0.4, 0.5) is 8.78 Å². The van der Waals surface area contributed by atoms with Gasteiger partial charge in [0, 0.05) is 23.7 Å². The second kappa shape index (κ2) is 5.72. The molecule has 5 heteroatoms. The Bertz CT molecular complexity index is 555. The molecule has 0 bridgehead atoms. The van der Waals surface area contributed by atoms with Crippen molar-refractivity contribution in [2.24, 2.45) is 5.92 Å². The van der Waals surface area contributed by atoms with Gasteiger partial charge in [0.1, 0.15) is 0 Å². The van der Waals surface area contributed by atoms with Crippen molar-refractivity contribution in [3.05, 3.63) is 34.4 Å². The van der Waals surface area contributed by atoms with Crippen molar-refractivity contribution in [2.75, 3.05) is 6.54 Å². The lowest BCUT2D eigenvalue weighted by molar-refractivity contribution is 0.0965. The van der Waals surface area contributed by atoms with Crippen LogP contribution in [0.15, 0.2) is 12.1 Å². The number of nitrogens with one attached hydrogen (secondary N) is 2. The van der Waals surface area contributed by atoms with Gasteiger partial charge in [-0.05, 0) is 55.5 Å². The summed E-state index contributed by atoms with van der Waals surface area (Å²) in [5.74, 6) is 0.458. The molecular formula is C16H20F2N2O. The molecule has 0 aromatic heterocycles. The summed E-state index contributed by atoms with van der Waals surface area (Å²) < 4.78 is 26.4. The summed E-state index contributed by atoms with van der Waals surface area (Å²) in [5, 5.41) is 6.02. The molecular weight excluding hydrogens is 274 g/mol. The van der Waals surface area contributed by atoms with Gasteiger partial charge in [0.25, 0.3) is 12.3 Å². The zero-order valence-corrected chi connectivity index (χ0v) is 12.1. The van der Waals surface area contributed by atoms with Gasteiger partial charge in [-0.1, -0.05) is 6.42 Å². The van der Waals surface area contributed by atoms with Gasteiger partial charge in [0.2, 0.25) is 0 Å². The molecule has 3 rings (SSSR count). The topological polar surface area (TPSA) is 41.1 Å². The molecule has 2 N–H and O–H groups in total. The van der Waals surface area contributed by atoms with Gasteiger partial charge < -0.3 is 10.6 Å². The van der Waals surface area contributed by atoms with Gasteiger partial charge in [-0.2, -0.15) is 0 Å². The Hall–Kier alpha value is -1.49. The maximum atomic E-state index is 13.2. The number of carbonyl (C=O) groups excluding carboxylic acids is 1. The lowest BCUT2D eigenvalue weighted by Gasteiger charge is -2.27. The largest absolute Gasteiger partial charge is 0.348 e. The molecule has 3 nitrogen and oxygen atoms in total. The van der Waals surface area contributed by atoms with Crippen LogP contribution < -0.4 is 10.6 Å². The summed E-state index contributed by atoms with van der Waals surface area (Å²) in [5.41, 5.74) is 1.60. The van der Waals surface area contributed by atoms with Crippen molar-refractivity contribution in [2.45, 2.75) is 45.2 Å². The lowest BCUT2D eigenvalue weighted by atomic mass is 9.85. The van der Waals surface area contributed by atoms with Crippen molar-refractivity contribution in [1.29, 1.82) is 0 Å². The van der Waals surface area contributed by atoms with Gasteiger partial charge in [-0.3, -0.25) is 4.79 Å². The van der Waals surface area contributed by atoms with Crippen LogP contribution in [-0.2, 0) is 6.54 Å². The summed E-state index contributed by atoms with van der Waals surface area (Å²) in [4.78, 5) is 11.8. The SMILES string of the molecule is C[C@H](NCC1CCC1)c1cc2c(c(C(F)F)c1)CNC2=O. The fourth-order valence-corrected chi connectivity index (χ4v) is 2.98. The van der Waals surface area contributed by atoms with Crippen molar-refractivity contribution in [3.8, 4) is 0 Å². The van der Waals surface area contributed by atoms with E-state index >= 15 is 0 Å². The molecule has 0 saturated heterocycles. The highest BCUT2D eigenvalue weighted by Gasteiger charge is 2.27. The van der Waals surface area contributed by atoms with Crippen LogP contribution in [0.25, 0.3) is 0 Å². The molecule has 1 amide bonds. The minimum absolute atomic E-state index is 0.0156. The molecule has 1 fully saturated rings. The van der Waals surface area contributed by atoms with E-state index in [1.807, 2.05) is 6.92 Å². The number of benzene rings is 1. The Morgan fingerprint density at radius 1 is 1.38 bits per heavy atom. The minimum atomic E-state index is -2.55. The van der Waals surface area contributed by atoms with Crippen LogP contribution in [0.5, 0.6) is 0 Å². The number of amides is 1. The van der Waals surface area contributed by atoms with Crippen molar-refractivity contribution in [3.63, 3.8) is 0 Å². The van der Waals surface area contributed by atoms with Gasteiger partial charge >= 0.3 is 0 Å². The molecule has 1 atom stereocenters. The molecule has 2 aliphatic rings. The van der Waals surface area contributed by atoms with Gasteiger partial charge in [-0.25, -0.2) is 8.78 Å². The number of fused-ring (bicyclic) bond motifs is 1. The Kier molecular flexibility index (Phi) is 3.93. The van der Waals surface area contributed by atoms with Crippen LogP contribution in [0, 0.1) is 5.92 Å². The van der Waals surface area contributed by atoms with Crippen LogP contribution in [0.1, 0.15) is 65.7 Å². The predicted octanol–water partition coefficient (Wildman–Crippen LogP) is 3.32. The molecule has 21 heavy (non-hydrogen) atoms. The molecule has 0 spiro atoms. The van der Waals surface area contributed by atoms with E-state index in [-0.39, 0.29) is 24.1 Å². The van der Waals surface area contributed by atoms with Crippen LogP contribution in [0.3, 0.4) is 0 Å². The highest BCUT2D eigenvalue weighted by molar-refractivity contribution is 5.99. The fraction of sp³-hybridized carbons (Fsp3) is 0.562. The first-order valence-corrected chi connectivity index (χ1v) is 7.52. The number of alkyl halides is 2. The second-order valence-electron chi connectivity index (χ2n) is 6.05. The van der Waals surface area contributed by atoms with E-state index in [9.17, 15) is 13.6 Å². The maximum absolute atomic E-state index is 13.2. The Morgan fingerprint density at radius 3 is 2.76 bits per heavy atom. The molecule has 1 heterocycles. The Balaban J connectivity index is 1.82. The van der Waals surface area contributed by atoms with E-state index in [0.717, 1.165) is 12.1 Å². The third-order valence-electron chi connectivity index (χ3n) is 4.65. The molecule has 1 aliphatic heterocycles. The number of hydrogen-bond donors (Lipinski definition) is 2. The summed E-state index contributed by atoms with van der Waals surface area (Å²) in [7, 11) is 0. The molecule has 114 valence electrons. The summed E-state index contributed by atoms with van der Waals surface area (Å²) in [6.07, 6.45) is 1.23. The van der Waals surface area contributed by atoms with Crippen LogP contribution >= 0.6 is 0 Å². The second-order valence-corrected chi connectivity index (χ2v) is 6.05. The number of halogens is 2. The molecule has 1 aromatic rings. The first-order chi connectivity index (χ1) is 10.1. The van der Waals surface area contributed by atoms with Gasteiger partial charge in [0.15, 0.2) is 0 Å². The highest BCUT2D eigenvalue weighted by atomic mass is 19.3. The zero-order chi connectivity index (χ0) is 15.0.